The number of likely N-dealkylation sites (tertiary alicyclic amines) is 1. The maximum atomic E-state index is 12.3. The van der Waals surface area contributed by atoms with Crippen LogP contribution in [0.15, 0.2) is 30.3 Å². The number of ether oxygens (including phenoxy) is 1. The zero-order valence-corrected chi connectivity index (χ0v) is 15.8. The molecule has 0 spiro atoms. The van der Waals surface area contributed by atoms with Crippen molar-refractivity contribution in [2.24, 2.45) is 5.92 Å². The Morgan fingerprint density at radius 3 is 2.48 bits per heavy atom. The molecule has 0 bridgehead atoms. The zero-order valence-electron chi connectivity index (χ0n) is 15.8. The highest BCUT2D eigenvalue weighted by Crippen LogP contribution is 2.17. The number of carbonyl (C=O) groups excluding carboxylic acids is 2. The first-order chi connectivity index (χ1) is 13.0. The van der Waals surface area contributed by atoms with Crippen molar-refractivity contribution < 1.29 is 24.2 Å². The van der Waals surface area contributed by atoms with Crippen molar-refractivity contribution in [3.05, 3.63) is 35.9 Å². The van der Waals surface area contributed by atoms with Gasteiger partial charge in [0.1, 0.15) is 0 Å². The van der Waals surface area contributed by atoms with E-state index in [1.165, 1.54) is 4.90 Å². The Morgan fingerprint density at radius 2 is 1.85 bits per heavy atom. The van der Waals surface area contributed by atoms with Crippen molar-refractivity contribution in [2.45, 2.75) is 32.3 Å². The molecule has 0 saturated carbocycles. The SMILES string of the molecule is CN(CC(=O)N1CCC(C(=O)O)CC1)C(=O)CCCOCc1ccccc1. The maximum Gasteiger partial charge on any atom is 0.306 e. The van der Waals surface area contributed by atoms with Crippen LogP contribution in [0.1, 0.15) is 31.2 Å². The number of benzene rings is 1. The quantitative estimate of drug-likeness (QED) is 0.664. The van der Waals surface area contributed by atoms with Gasteiger partial charge in [-0.25, -0.2) is 0 Å². The Hall–Kier alpha value is -2.41. The molecule has 0 atom stereocenters. The van der Waals surface area contributed by atoms with Crippen LogP contribution in [0, 0.1) is 5.92 Å². The Bertz CT molecular complexity index is 627. The average molecular weight is 376 g/mol. The van der Waals surface area contributed by atoms with E-state index in [0.717, 1.165) is 5.56 Å². The van der Waals surface area contributed by atoms with Crippen LogP contribution < -0.4 is 0 Å². The molecule has 1 heterocycles. The van der Waals surface area contributed by atoms with Crippen molar-refractivity contribution in [3.8, 4) is 0 Å². The van der Waals surface area contributed by atoms with Gasteiger partial charge < -0.3 is 19.6 Å². The van der Waals surface area contributed by atoms with Crippen molar-refractivity contribution in [3.63, 3.8) is 0 Å². The molecule has 148 valence electrons. The van der Waals surface area contributed by atoms with Gasteiger partial charge in [-0.1, -0.05) is 30.3 Å². The molecule has 0 radical (unpaired) electrons. The number of aliphatic carboxylic acids is 1. The smallest absolute Gasteiger partial charge is 0.306 e. The molecule has 1 N–H and O–H groups in total. The van der Waals surface area contributed by atoms with E-state index >= 15 is 0 Å². The summed E-state index contributed by atoms with van der Waals surface area (Å²) in [6, 6.07) is 9.85. The minimum Gasteiger partial charge on any atom is -0.481 e. The zero-order chi connectivity index (χ0) is 19.6. The van der Waals surface area contributed by atoms with E-state index in [0.29, 0.717) is 52.0 Å². The number of piperidine rings is 1. The number of carbonyl (C=O) groups is 3. The molecule has 1 aromatic rings. The van der Waals surface area contributed by atoms with Crippen LogP contribution >= 0.6 is 0 Å². The second-order valence-electron chi connectivity index (χ2n) is 6.88. The largest absolute Gasteiger partial charge is 0.481 e. The predicted molar refractivity (Wildman–Crippen MR) is 99.9 cm³/mol. The summed E-state index contributed by atoms with van der Waals surface area (Å²) >= 11 is 0. The summed E-state index contributed by atoms with van der Waals surface area (Å²) in [5, 5.41) is 9.00. The Kier molecular flexibility index (Phi) is 8.26. The topological polar surface area (TPSA) is 87.2 Å². The van der Waals surface area contributed by atoms with Crippen molar-refractivity contribution >= 4 is 17.8 Å². The third kappa shape index (κ3) is 7.02. The molecule has 1 fully saturated rings. The minimum absolute atomic E-state index is 0.0292. The van der Waals surface area contributed by atoms with E-state index in [9.17, 15) is 14.4 Å². The number of carboxylic acids is 1. The summed E-state index contributed by atoms with van der Waals surface area (Å²) in [4.78, 5) is 38.5. The van der Waals surface area contributed by atoms with E-state index < -0.39 is 5.97 Å². The van der Waals surface area contributed by atoms with Gasteiger partial charge in [-0.3, -0.25) is 14.4 Å². The summed E-state index contributed by atoms with van der Waals surface area (Å²) in [5.41, 5.74) is 1.10. The number of hydrogen-bond acceptors (Lipinski definition) is 4. The van der Waals surface area contributed by atoms with Gasteiger partial charge in [0.05, 0.1) is 19.1 Å². The molecule has 0 unspecified atom stereocenters. The van der Waals surface area contributed by atoms with E-state index in [-0.39, 0.29) is 24.3 Å². The van der Waals surface area contributed by atoms with Gasteiger partial charge in [0, 0.05) is 33.2 Å². The van der Waals surface area contributed by atoms with Gasteiger partial charge >= 0.3 is 5.97 Å². The second kappa shape index (κ2) is 10.7. The standard InChI is InChI=1S/C20H28N2O5/c1-21(14-19(24)22-11-9-17(10-12-22)20(25)26)18(23)8-5-13-27-15-16-6-3-2-4-7-16/h2-4,6-7,17H,5,8-15H2,1H3,(H,25,26). The number of nitrogens with zero attached hydrogens (tertiary/aromatic N) is 2. The van der Waals surface area contributed by atoms with E-state index in [1.54, 1.807) is 11.9 Å². The molecule has 2 rings (SSSR count). The summed E-state index contributed by atoms with van der Waals surface area (Å²) in [6.07, 6.45) is 1.88. The molecule has 1 aliphatic rings. The summed E-state index contributed by atoms with van der Waals surface area (Å²) in [5.74, 6) is -1.39. The van der Waals surface area contributed by atoms with Crippen LogP contribution in [0.4, 0.5) is 0 Å². The average Bonchev–Trinajstić information content (AvgIpc) is 2.68. The van der Waals surface area contributed by atoms with Crippen LogP contribution in [-0.2, 0) is 25.7 Å². The van der Waals surface area contributed by atoms with E-state index in [4.69, 9.17) is 9.84 Å². The fourth-order valence-electron chi connectivity index (χ4n) is 3.05. The Balaban J connectivity index is 1.60. The predicted octanol–water partition coefficient (Wildman–Crippen LogP) is 1.77. The molecule has 0 aromatic heterocycles. The number of carboxylic acid groups (broad SMARTS) is 1. The van der Waals surface area contributed by atoms with Gasteiger partial charge in [0.25, 0.3) is 0 Å². The second-order valence-corrected chi connectivity index (χ2v) is 6.88. The maximum absolute atomic E-state index is 12.3. The monoisotopic (exact) mass is 376 g/mol. The highest BCUT2D eigenvalue weighted by molar-refractivity contribution is 5.84. The molecule has 1 aliphatic heterocycles. The van der Waals surface area contributed by atoms with Crippen LogP contribution in [0.2, 0.25) is 0 Å². The number of likely N-dealkylation sites (N-methyl/N-ethyl adjacent to an activating group) is 1. The first-order valence-corrected chi connectivity index (χ1v) is 9.33. The van der Waals surface area contributed by atoms with Crippen LogP contribution in [0.5, 0.6) is 0 Å². The number of rotatable bonds is 9. The fraction of sp³-hybridized carbons (Fsp3) is 0.550. The third-order valence-corrected chi connectivity index (χ3v) is 4.79. The van der Waals surface area contributed by atoms with Gasteiger partial charge in [-0.2, -0.15) is 0 Å². The van der Waals surface area contributed by atoms with Crippen LogP contribution in [0.3, 0.4) is 0 Å². The highest BCUT2D eigenvalue weighted by atomic mass is 16.5. The lowest BCUT2D eigenvalue weighted by Gasteiger charge is -2.31. The van der Waals surface area contributed by atoms with Crippen molar-refractivity contribution in [1.82, 2.24) is 9.80 Å². The van der Waals surface area contributed by atoms with Gasteiger partial charge in [-0.05, 0) is 24.8 Å². The lowest BCUT2D eigenvalue weighted by molar-refractivity contribution is -0.146. The molecule has 27 heavy (non-hydrogen) atoms. The molecule has 7 nitrogen and oxygen atoms in total. The first kappa shape index (κ1) is 20.9. The molecule has 1 saturated heterocycles. The van der Waals surface area contributed by atoms with Gasteiger partial charge in [-0.15, -0.1) is 0 Å². The minimum atomic E-state index is -0.802. The Labute approximate surface area is 159 Å². The van der Waals surface area contributed by atoms with Gasteiger partial charge in [0.15, 0.2) is 0 Å². The molecule has 7 heteroatoms. The molecular formula is C20H28N2O5. The highest BCUT2D eigenvalue weighted by Gasteiger charge is 2.27. The van der Waals surface area contributed by atoms with E-state index in [1.807, 2.05) is 30.3 Å². The third-order valence-electron chi connectivity index (χ3n) is 4.79. The van der Waals surface area contributed by atoms with Crippen molar-refractivity contribution in [2.75, 3.05) is 33.3 Å². The van der Waals surface area contributed by atoms with Crippen LogP contribution in [-0.4, -0.2) is 66.0 Å². The number of amides is 2. The lowest BCUT2D eigenvalue weighted by Crippen LogP contribution is -2.45. The van der Waals surface area contributed by atoms with Gasteiger partial charge in [0.2, 0.25) is 11.8 Å². The molecular weight excluding hydrogens is 348 g/mol. The first-order valence-electron chi connectivity index (χ1n) is 9.33. The summed E-state index contributed by atoms with van der Waals surface area (Å²) in [7, 11) is 1.62. The number of hydrogen-bond donors (Lipinski definition) is 1. The summed E-state index contributed by atoms with van der Waals surface area (Å²) in [6.45, 7) is 1.92. The molecule has 0 aliphatic carbocycles. The normalized spacial score (nSPS) is 14.8. The van der Waals surface area contributed by atoms with Crippen LogP contribution in [0.25, 0.3) is 0 Å². The summed E-state index contributed by atoms with van der Waals surface area (Å²) < 4.78 is 5.56. The lowest BCUT2D eigenvalue weighted by atomic mass is 9.97. The van der Waals surface area contributed by atoms with E-state index in [2.05, 4.69) is 0 Å². The fourth-order valence-corrected chi connectivity index (χ4v) is 3.05. The Morgan fingerprint density at radius 1 is 1.19 bits per heavy atom. The molecule has 1 aromatic carbocycles. The van der Waals surface area contributed by atoms with Crippen molar-refractivity contribution in [1.29, 1.82) is 0 Å². The molecule has 2 amide bonds.